The summed E-state index contributed by atoms with van der Waals surface area (Å²) in [6.45, 7) is 0.414. The Balaban J connectivity index is 1.87. The van der Waals surface area contributed by atoms with Gasteiger partial charge in [-0.15, -0.1) is 0 Å². The second kappa shape index (κ2) is 4.84. The minimum absolute atomic E-state index is 0.107. The van der Waals surface area contributed by atoms with E-state index in [1.54, 1.807) is 23.1 Å². The molecule has 0 saturated carbocycles. The normalized spacial score (nSPS) is 20.6. The van der Waals surface area contributed by atoms with Crippen molar-refractivity contribution >= 4 is 28.7 Å². The molecule has 0 N–H and O–H groups in total. The molecule has 2 aromatic rings. The van der Waals surface area contributed by atoms with Crippen LogP contribution in [-0.4, -0.2) is 24.2 Å². The number of fused-ring (bicyclic) bond motifs is 1. The SMILES string of the molecule is FC(F)(F)C1CCCN(c2nc3ccc(Cl)cc3o2)C1. The van der Waals surface area contributed by atoms with Crippen LogP contribution < -0.4 is 4.90 Å². The first-order chi connectivity index (χ1) is 9.43. The van der Waals surface area contributed by atoms with Crippen LogP contribution in [0.5, 0.6) is 0 Å². The molecule has 108 valence electrons. The van der Waals surface area contributed by atoms with Gasteiger partial charge in [0, 0.05) is 24.2 Å². The van der Waals surface area contributed by atoms with Gasteiger partial charge >= 0.3 is 6.18 Å². The van der Waals surface area contributed by atoms with E-state index in [1.807, 2.05) is 0 Å². The van der Waals surface area contributed by atoms with Crippen molar-refractivity contribution in [2.24, 2.45) is 5.92 Å². The first-order valence-electron chi connectivity index (χ1n) is 6.31. The number of halogens is 4. The van der Waals surface area contributed by atoms with E-state index in [2.05, 4.69) is 4.98 Å². The highest BCUT2D eigenvalue weighted by Crippen LogP contribution is 2.35. The molecule has 1 saturated heterocycles. The maximum absolute atomic E-state index is 12.8. The summed E-state index contributed by atoms with van der Waals surface area (Å²) in [5.74, 6) is -1.32. The molecule has 0 radical (unpaired) electrons. The van der Waals surface area contributed by atoms with Crippen LogP contribution in [-0.2, 0) is 0 Å². The third kappa shape index (κ3) is 2.57. The lowest BCUT2D eigenvalue weighted by atomic mass is 9.98. The van der Waals surface area contributed by atoms with Gasteiger partial charge in [-0.05, 0) is 25.0 Å². The van der Waals surface area contributed by atoms with E-state index in [-0.39, 0.29) is 19.0 Å². The quantitative estimate of drug-likeness (QED) is 0.788. The third-order valence-corrected chi connectivity index (χ3v) is 3.73. The predicted molar refractivity (Wildman–Crippen MR) is 70.0 cm³/mol. The van der Waals surface area contributed by atoms with Gasteiger partial charge in [-0.3, -0.25) is 0 Å². The minimum atomic E-state index is -4.17. The Morgan fingerprint density at radius 3 is 2.90 bits per heavy atom. The number of alkyl halides is 3. The Hall–Kier alpha value is -1.43. The summed E-state index contributed by atoms with van der Waals surface area (Å²) in [6.07, 6.45) is -3.54. The second-order valence-corrected chi connectivity index (χ2v) is 5.37. The molecule has 0 amide bonds. The third-order valence-electron chi connectivity index (χ3n) is 3.49. The highest BCUT2D eigenvalue weighted by Gasteiger charge is 2.42. The minimum Gasteiger partial charge on any atom is -0.423 e. The topological polar surface area (TPSA) is 29.3 Å². The number of piperidine rings is 1. The van der Waals surface area contributed by atoms with Gasteiger partial charge in [0.05, 0.1) is 5.92 Å². The predicted octanol–water partition coefficient (Wildman–Crippen LogP) is 4.26. The number of oxazole rings is 1. The highest BCUT2D eigenvalue weighted by atomic mass is 35.5. The lowest BCUT2D eigenvalue weighted by Gasteiger charge is -2.32. The zero-order valence-electron chi connectivity index (χ0n) is 10.5. The maximum Gasteiger partial charge on any atom is 0.393 e. The molecule has 0 spiro atoms. The summed E-state index contributed by atoms with van der Waals surface area (Å²) < 4.78 is 43.9. The van der Waals surface area contributed by atoms with Gasteiger partial charge in [-0.25, -0.2) is 0 Å². The van der Waals surface area contributed by atoms with E-state index < -0.39 is 12.1 Å². The molecule has 1 atom stereocenters. The average molecular weight is 305 g/mol. The Morgan fingerprint density at radius 2 is 2.15 bits per heavy atom. The van der Waals surface area contributed by atoms with E-state index in [9.17, 15) is 13.2 Å². The Morgan fingerprint density at radius 1 is 1.35 bits per heavy atom. The second-order valence-electron chi connectivity index (χ2n) is 4.94. The van der Waals surface area contributed by atoms with Gasteiger partial charge in [-0.1, -0.05) is 11.6 Å². The first-order valence-corrected chi connectivity index (χ1v) is 6.69. The van der Waals surface area contributed by atoms with Crippen LogP contribution in [0.25, 0.3) is 11.1 Å². The van der Waals surface area contributed by atoms with Crippen molar-refractivity contribution in [3.63, 3.8) is 0 Å². The molecule has 0 bridgehead atoms. The molecule has 7 heteroatoms. The van der Waals surface area contributed by atoms with Crippen LogP contribution >= 0.6 is 11.6 Å². The van der Waals surface area contributed by atoms with Crippen LogP contribution in [0, 0.1) is 5.92 Å². The average Bonchev–Trinajstić information content (AvgIpc) is 2.81. The molecular weight excluding hydrogens is 293 g/mol. The largest absolute Gasteiger partial charge is 0.423 e. The molecule has 1 aliphatic rings. The summed E-state index contributed by atoms with van der Waals surface area (Å²) in [5, 5.41) is 0.506. The lowest BCUT2D eigenvalue weighted by Crippen LogP contribution is -2.41. The van der Waals surface area contributed by atoms with Gasteiger partial charge in [0.2, 0.25) is 0 Å². The van der Waals surface area contributed by atoms with Crippen LogP contribution in [0.4, 0.5) is 19.2 Å². The standard InChI is InChI=1S/C13H12ClF3N2O/c14-9-3-4-10-11(6-9)20-12(18-10)19-5-1-2-8(7-19)13(15,16)17/h3-4,6,8H,1-2,5,7H2. The number of hydrogen-bond donors (Lipinski definition) is 0. The molecule has 20 heavy (non-hydrogen) atoms. The van der Waals surface area contributed by atoms with Crippen LogP contribution in [0.1, 0.15) is 12.8 Å². The Kier molecular flexibility index (Phi) is 3.28. The van der Waals surface area contributed by atoms with Crippen LogP contribution in [0.15, 0.2) is 22.6 Å². The van der Waals surface area contributed by atoms with Crippen molar-refractivity contribution in [2.45, 2.75) is 19.0 Å². The fourth-order valence-electron chi connectivity index (χ4n) is 2.44. The Labute approximate surface area is 118 Å². The molecule has 1 aromatic heterocycles. The van der Waals surface area contributed by atoms with Crippen molar-refractivity contribution in [3.8, 4) is 0 Å². The van der Waals surface area contributed by atoms with Crippen molar-refractivity contribution in [1.82, 2.24) is 4.98 Å². The maximum atomic E-state index is 12.8. The fraction of sp³-hybridized carbons (Fsp3) is 0.462. The summed E-state index contributed by atoms with van der Waals surface area (Å²) in [5.41, 5.74) is 1.08. The van der Waals surface area contributed by atoms with Gasteiger partial charge in [0.25, 0.3) is 6.01 Å². The molecule has 1 unspecified atom stereocenters. The summed E-state index contributed by atoms with van der Waals surface area (Å²) in [4.78, 5) is 5.78. The summed E-state index contributed by atoms with van der Waals surface area (Å²) in [6, 6.07) is 5.20. The zero-order chi connectivity index (χ0) is 14.3. The number of hydrogen-bond acceptors (Lipinski definition) is 3. The van der Waals surface area contributed by atoms with Gasteiger partial charge < -0.3 is 9.32 Å². The van der Waals surface area contributed by atoms with E-state index in [0.29, 0.717) is 29.1 Å². The van der Waals surface area contributed by atoms with Crippen molar-refractivity contribution in [3.05, 3.63) is 23.2 Å². The number of benzene rings is 1. The fourth-order valence-corrected chi connectivity index (χ4v) is 2.60. The molecule has 1 aliphatic heterocycles. The number of rotatable bonds is 1. The molecule has 3 rings (SSSR count). The monoisotopic (exact) mass is 304 g/mol. The summed E-state index contributed by atoms with van der Waals surface area (Å²) >= 11 is 5.85. The van der Waals surface area contributed by atoms with E-state index in [0.717, 1.165) is 0 Å². The number of nitrogens with zero attached hydrogens (tertiary/aromatic N) is 2. The van der Waals surface area contributed by atoms with Crippen LogP contribution in [0.3, 0.4) is 0 Å². The van der Waals surface area contributed by atoms with E-state index in [4.69, 9.17) is 16.0 Å². The number of anilines is 1. The van der Waals surface area contributed by atoms with Gasteiger partial charge in [-0.2, -0.15) is 18.2 Å². The smallest absolute Gasteiger partial charge is 0.393 e. The number of aromatic nitrogens is 1. The van der Waals surface area contributed by atoms with E-state index in [1.165, 1.54) is 0 Å². The van der Waals surface area contributed by atoms with Crippen molar-refractivity contribution in [1.29, 1.82) is 0 Å². The molecular formula is C13H12ClF3N2O. The summed E-state index contributed by atoms with van der Waals surface area (Å²) in [7, 11) is 0. The lowest BCUT2D eigenvalue weighted by molar-refractivity contribution is -0.176. The molecule has 1 fully saturated rings. The van der Waals surface area contributed by atoms with Crippen molar-refractivity contribution in [2.75, 3.05) is 18.0 Å². The van der Waals surface area contributed by atoms with E-state index >= 15 is 0 Å². The van der Waals surface area contributed by atoms with Crippen molar-refractivity contribution < 1.29 is 17.6 Å². The highest BCUT2D eigenvalue weighted by molar-refractivity contribution is 6.31. The zero-order valence-corrected chi connectivity index (χ0v) is 11.2. The Bertz CT molecular complexity index is 626. The van der Waals surface area contributed by atoms with Gasteiger partial charge in [0.1, 0.15) is 5.52 Å². The molecule has 1 aromatic carbocycles. The molecule has 3 nitrogen and oxygen atoms in total. The van der Waals surface area contributed by atoms with Gasteiger partial charge in [0.15, 0.2) is 5.58 Å². The molecule has 2 heterocycles. The van der Waals surface area contributed by atoms with Crippen LogP contribution in [0.2, 0.25) is 5.02 Å². The first kappa shape index (κ1) is 13.5. The molecule has 0 aliphatic carbocycles.